The maximum absolute atomic E-state index is 12.8. The van der Waals surface area contributed by atoms with Crippen molar-refractivity contribution in [2.45, 2.75) is 37.8 Å². The van der Waals surface area contributed by atoms with E-state index in [2.05, 4.69) is 0 Å². The van der Waals surface area contributed by atoms with Crippen molar-refractivity contribution in [1.29, 1.82) is 0 Å². The first-order valence-corrected chi connectivity index (χ1v) is 8.87. The summed E-state index contributed by atoms with van der Waals surface area (Å²) in [5.74, 6) is 0. The summed E-state index contributed by atoms with van der Waals surface area (Å²) in [7, 11) is 0. The Morgan fingerprint density at radius 3 is 2.36 bits per heavy atom. The summed E-state index contributed by atoms with van der Waals surface area (Å²) < 4.78 is 5.99. The first-order chi connectivity index (χ1) is 12.2. The first kappa shape index (κ1) is 17.5. The molecule has 2 aromatic carbocycles. The van der Waals surface area contributed by atoms with Crippen LogP contribution in [0, 0.1) is 0 Å². The minimum absolute atomic E-state index is 0.0275. The van der Waals surface area contributed by atoms with Crippen molar-refractivity contribution in [1.82, 2.24) is 4.90 Å². The molecule has 2 atom stereocenters. The Hall–Kier alpha value is -2.33. The van der Waals surface area contributed by atoms with Crippen molar-refractivity contribution in [3.8, 4) is 0 Å². The lowest BCUT2D eigenvalue weighted by molar-refractivity contribution is -0.0680. The topological polar surface area (TPSA) is 49.8 Å². The first-order valence-electron chi connectivity index (χ1n) is 8.87. The van der Waals surface area contributed by atoms with Crippen LogP contribution < -0.4 is 0 Å². The molecule has 25 heavy (non-hydrogen) atoms. The number of ether oxygens (including phenoxy) is 1. The fourth-order valence-electron chi connectivity index (χ4n) is 3.56. The smallest absolute Gasteiger partial charge is 0.411 e. The van der Waals surface area contributed by atoms with Gasteiger partial charge in [0.05, 0.1) is 6.04 Å². The Labute approximate surface area is 149 Å². The predicted molar refractivity (Wildman–Crippen MR) is 97.1 cm³/mol. The summed E-state index contributed by atoms with van der Waals surface area (Å²) >= 11 is 0. The van der Waals surface area contributed by atoms with Crippen LogP contribution in [0.25, 0.3) is 0 Å². The summed E-state index contributed by atoms with van der Waals surface area (Å²) in [5, 5.41) is 9.26. The second kappa shape index (κ2) is 7.70. The van der Waals surface area contributed by atoms with E-state index in [1.165, 1.54) is 0 Å². The molecule has 1 N–H and O–H groups in total. The minimum atomic E-state index is -0.645. The van der Waals surface area contributed by atoms with Gasteiger partial charge < -0.3 is 14.7 Å². The predicted octanol–water partition coefficient (Wildman–Crippen LogP) is 4.26. The average Bonchev–Trinajstić information content (AvgIpc) is 2.67. The molecule has 0 aromatic heterocycles. The quantitative estimate of drug-likeness (QED) is 0.855. The summed E-state index contributed by atoms with van der Waals surface area (Å²) in [6.45, 7) is 2.76. The van der Waals surface area contributed by atoms with Gasteiger partial charge in [-0.2, -0.15) is 0 Å². The average molecular weight is 339 g/mol. The number of hydrogen-bond acceptors (Lipinski definition) is 3. The number of rotatable bonds is 6. The Morgan fingerprint density at radius 1 is 1.12 bits per heavy atom. The van der Waals surface area contributed by atoms with E-state index in [4.69, 9.17) is 4.74 Å². The number of cyclic esters (lactones) is 1. The van der Waals surface area contributed by atoms with Gasteiger partial charge in [-0.3, -0.25) is 0 Å². The highest BCUT2D eigenvalue weighted by Crippen LogP contribution is 2.40. The maximum atomic E-state index is 12.8. The fourth-order valence-corrected chi connectivity index (χ4v) is 3.56. The molecule has 2 unspecified atom stereocenters. The molecule has 2 aromatic rings. The molecule has 1 amide bonds. The number of carbonyl (C=O) groups is 1. The lowest BCUT2D eigenvalue weighted by Crippen LogP contribution is -2.48. The Kier molecular flexibility index (Phi) is 5.39. The second-order valence-corrected chi connectivity index (χ2v) is 6.59. The molecular weight excluding hydrogens is 314 g/mol. The highest BCUT2D eigenvalue weighted by Gasteiger charge is 2.42. The lowest BCUT2D eigenvalue weighted by Gasteiger charge is -2.43. The highest BCUT2D eigenvalue weighted by atomic mass is 16.6. The Bertz CT molecular complexity index is 689. The number of benzene rings is 2. The van der Waals surface area contributed by atoms with Crippen molar-refractivity contribution in [3.63, 3.8) is 0 Å². The summed E-state index contributed by atoms with van der Waals surface area (Å²) in [5.41, 5.74) is 1.46. The van der Waals surface area contributed by atoms with Crippen LogP contribution in [0.3, 0.4) is 0 Å². The van der Waals surface area contributed by atoms with Crippen LogP contribution in [0.1, 0.15) is 43.4 Å². The molecule has 3 rings (SSSR count). The van der Waals surface area contributed by atoms with Crippen molar-refractivity contribution >= 4 is 6.09 Å². The van der Waals surface area contributed by atoms with Gasteiger partial charge in [0.2, 0.25) is 0 Å². The van der Waals surface area contributed by atoms with Gasteiger partial charge in [0.25, 0.3) is 0 Å². The van der Waals surface area contributed by atoms with Crippen LogP contribution in [-0.4, -0.2) is 29.3 Å². The fraction of sp³-hybridized carbons (Fsp3) is 0.381. The van der Waals surface area contributed by atoms with Crippen molar-refractivity contribution in [3.05, 3.63) is 71.8 Å². The van der Waals surface area contributed by atoms with E-state index in [-0.39, 0.29) is 18.7 Å². The summed E-state index contributed by atoms with van der Waals surface area (Å²) in [4.78, 5) is 14.6. The van der Waals surface area contributed by atoms with Gasteiger partial charge in [0.1, 0.15) is 5.60 Å². The van der Waals surface area contributed by atoms with Gasteiger partial charge in [0, 0.05) is 19.6 Å². The largest absolute Gasteiger partial charge is 0.438 e. The van der Waals surface area contributed by atoms with Crippen LogP contribution >= 0.6 is 0 Å². The molecule has 0 spiro atoms. The van der Waals surface area contributed by atoms with Gasteiger partial charge in [0.15, 0.2) is 0 Å². The zero-order valence-electron chi connectivity index (χ0n) is 14.6. The Balaban J connectivity index is 1.81. The number of aliphatic hydroxyl groups is 1. The van der Waals surface area contributed by atoms with Gasteiger partial charge in [-0.25, -0.2) is 4.79 Å². The third kappa shape index (κ3) is 3.69. The van der Waals surface area contributed by atoms with Crippen LogP contribution in [0.4, 0.5) is 4.79 Å². The maximum Gasteiger partial charge on any atom is 0.411 e. The van der Waals surface area contributed by atoms with E-state index in [0.717, 1.165) is 17.5 Å². The molecule has 1 saturated heterocycles. The van der Waals surface area contributed by atoms with Crippen LogP contribution in [0.5, 0.6) is 0 Å². The van der Waals surface area contributed by atoms with E-state index in [0.29, 0.717) is 19.4 Å². The molecule has 132 valence electrons. The van der Waals surface area contributed by atoms with Gasteiger partial charge in [-0.15, -0.1) is 0 Å². The molecule has 4 heteroatoms. The third-order valence-corrected chi connectivity index (χ3v) is 5.06. The van der Waals surface area contributed by atoms with Crippen LogP contribution in [0.15, 0.2) is 60.7 Å². The van der Waals surface area contributed by atoms with Crippen molar-refractivity contribution in [2.75, 3.05) is 13.2 Å². The van der Waals surface area contributed by atoms with E-state index in [1.54, 1.807) is 4.90 Å². The number of aliphatic hydroxyl groups excluding tert-OH is 1. The van der Waals surface area contributed by atoms with Crippen molar-refractivity contribution in [2.24, 2.45) is 0 Å². The molecule has 4 nitrogen and oxygen atoms in total. The van der Waals surface area contributed by atoms with E-state index in [9.17, 15) is 9.90 Å². The lowest BCUT2D eigenvalue weighted by atomic mass is 9.84. The van der Waals surface area contributed by atoms with Crippen LogP contribution in [0.2, 0.25) is 0 Å². The van der Waals surface area contributed by atoms with E-state index in [1.807, 2.05) is 67.6 Å². The van der Waals surface area contributed by atoms with Gasteiger partial charge in [-0.05, 0) is 30.9 Å². The molecule has 0 radical (unpaired) electrons. The number of hydrogen-bond donors (Lipinski definition) is 1. The normalized spacial score (nSPS) is 21.7. The molecule has 0 aliphatic carbocycles. The van der Waals surface area contributed by atoms with E-state index >= 15 is 0 Å². The second-order valence-electron chi connectivity index (χ2n) is 6.59. The molecule has 0 saturated carbocycles. The monoisotopic (exact) mass is 339 g/mol. The number of carbonyl (C=O) groups excluding carboxylic acids is 1. The minimum Gasteiger partial charge on any atom is -0.438 e. The summed E-state index contributed by atoms with van der Waals surface area (Å²) in [6, 6.07) is 19.9. The molecule has 1 aliphatic heterocycles. The zero-order chi connectivity index (χ0) is 17.7. The summed E-state index contributed by atoms with van der Waals surface area (Å²) in [6.07, 6.45) is 1.67. The highest BCUT2D eigenvalue weighted by molar-refractivity contribution is 5.70. The number of amides is 1. The molecule has 1 fully saturated rings. The number of nitrogens with zero attached hydrogens (tertiary/aromatic N) is 1. The van der Waals surface area contributed by atoms with Crippen LogP contribution in [-0.2, 0) is 10.3 Å². The van der Waals surface area contributed by atoms with Gasteiger partial charge >= 0.3 is 6.09 Å². The molecular formula is C21H25NO3. The standard InChI is InChI=1S/C21H25NO3/c1-17(18-9-4-2-5-10-18)22-15-14-21(13-8-16-23,25-20(22)24)19-11-6-3-7-12-19/h2-7,9-12,17,23H,8,13-16H2,1H3. The van der Waals surface area contributed by atoms with Gasteiger partial charge in [-0.1, -0.05) is 60.7 Å². The zero-order valence-corrected chi connectivity index (χ0v) is 14.6. The molecule has 1 heterocycles. The van der Waals surface area contributed by atoms with Crippen molar-refractivity contribution < 1.29 is 14.6 Å². The third-order valence-electron chi connectivity index (χ3n) is 5.06. The van der Waals surface area contributed by atoms with E-state index < -0.39 is 5.60 Å². The molecule has 1 aliphatic rings. The molecule has 0 bridgehead atoms. The SMILES string of the molecule is CC(c1ccccc1)N1CCC(CCCO)(c2ccccc2)OC1=O. The Morgan fingerprint density at radius 2 is 1.76 bits per heavy atom.